The van der Waals surface area contributed by atoms with Gasteiger partial charge in [-0.3, -0.25) is 0 Å². The lowest BCUT2D eigenvalue weighted by molar-refractivity contribution is -0.0987. The van der Waals surface area contributed by atoms with Gasteiger partial charge in [-0.15, -0.1) is 0 Å². The molecule has 0 saturated heterocycles. The van der Waals surface area contributed by atoms with Crippen molar-refractivity contribution >= 4 is 80.0 Å². The van der Waals surface area contributed by atoms with Crippen molar-refractivity contribution in [1.29, 1.82) is 0 Å². The molecule has 0 bridgehead atoms. The SMILES string of the molecule is BrP(Br)Br.C=O.C=O.COc1cc(C(Br)c2ccc(-c3ccccc3)c(OC)c2)ccc1OCc1ccccc1.COc1cc(C(O)c2ccc(-c3ccccc3)c(OC)c2)ccc1OCc1ccccc1. The summed E-state index contributed by atoms with van der Waals surface area (Å²) >= 11 is 13.4. The highest BCUT2D eigenvalue weighted by atomic mass is 80.0. The van der Waals surface area contributed by atoms with Crippen LogP contribution < -0.4 is 28.4 Å². The highest BCUT2D eigenvalue weighted by molar-refractivity contribution is 9.93. The number of hydrogen-bond acceptors (Lipinski definition) is 9. The predicted molar refractivity (Wildman–Crippen MR) is 307 cm³/mol. The Morgan fingerprint density at radius 3 is 1.08 bits per heavy atom. The van der Waals surface area contributed by atoms with Gasteiger partial charge in [0.1, 0.15) is 48.4 Å². The molecule has 9 nitrogen and oxygen atoms in total. The summed E-state index contributed by atoms with van der Waals surface area (Å²) in [6.45, 7) is 4.93. The summed E-state index contributed by atoms with van der Waals surface area (Å²) in [6, 6.07) is 63.9. The van der Waals surface area contributed by atoms with Crippen molar-refractivity contribution in [3.8, 4) is 56.8 Å². The van der Waals surface area contributed by atoms with Crippen LogP contribution in [0.25, 0.3) is 22.3 Å². The Hall–Kier alpha value is -5.79. The lowest BCUT2D eigenvalue weighted by Crippen LogP contribution is -2.03. The van der Waals surface area contributed by atoms with Gasteiger partial charge in [0.25, 0.3) is 0 Å². The lowest BCUT2D eigenvalue weighted by atomic mass is 9.97. The third kappa shape index (κ3) is 17.8. The molecule has 1 N–H and O–H groups in total. The number of carbonyl (C=O) groups is 2. The first-order valence-corrected chi connectivity index (χ1v) is 30.3. The number of hydrogen-bond donors (Lipinski definition) is 1. The second-order valence-corrected chi connectivity index (χ2v) is 31.2. The molecule has 0 saturated carbocycles. The van der Waals surface area contributed by atoms with Crippen LogP contribution in [-0.4, -0.2) is 47.1 Å². The van der Waals surface area contributed by atoms with Gasteiger partial charge in [-0.2, -0.15) is 0 Å². The molecule has 72 heavy (non-hydrogen) atoms. The molecule has 8 rings (SSSR count). The summed E-state index contributed by atoms with van der Waals surface area (Å²) in [5.74, 6) is 4.18. The molecule has 374 valence electrons. The van der Waals surface area contributed by atoms with Crippen molar-refractivity contribution in [3.63, 3.8) is 0 Å². The monoisotopic (exact) mass is 1240 g/mol. The molecule has 2 unspecified atom stereocenters. The largest absolute Gasteiger partial charge is 0.496 e. The van der Waals surface area contributed by atoms with Crippen LogP contribution >= 0.6 is 66.4 Å². The molecule has 0 aromatic heterocycles. The summed E-state index contributed by atoms with van der Waals surface area (Å²) < 4.78 is 34.2. The van der Waals surface area contributed by atoms with E-state index in [1.54, 1.807) is 28.4 Å². The molecule has 14 heteroatoms. The molecule has 0 spiro atoms. The minimum Gasteiger partial charge on any atom is -0.496 e. The van der Waals surface area contributed by atoms with E-state index < -0.39 is 6.10 Å². The van der Waals surface area contributed by atoms with Gasteiger partial charge in [0, 0.05) is 11.1 Å². The quantitative estimate of drug-likeness (QED) is 0.0747. The van der Waals surface area contributed by atoms with Crippen LogP contribution in [0.15, 0.2) is 194 Å². The van der Waals surface area contributed by atoms with Crippen molar-refractivity contribution in [2.45, 2.75) is 24.1 Å². The van der Waals surface area contributed by atoms with Crippen molar-refractivity contribution < 1.29 is 43.1 Å². The number of benzene rings is 8. The van der Waals surface area contributed by atoms with Gasteiger partial charge < -0.3 is 43.1 Å². The first-order chi connectivity index (χ1) is 35.1. The van der Waals surface area contributed by atoms with Gasteiger partial charge in [-0.05, 0) is 127 Å². The summed E-state index contributed by atoms with van der Waals surface area (Å²) in [5, 5.41) is 11.0. The molecule has 0 aliphatic carbocycles. The van der Waals surface area contributed by atoms with Crippen LogP contribution in [0, 0.1) is 0 Å². The van der Waals surface area contributed by atoms with Crippen LogP contribution in [-0.2, 0) is 22.8 Å². The summed E-state index contributed by atoms with van der Waals surface area (Å²) in [5.41, 5.74) is 10.0. The fraction of sp³-hybridized carbons (Fsp3) is 0.138. The number of halogens is 4. The van der Waals surface area contributed by atoms with E-state index >= 15 is 0 Å². The molecule has 0 amide bonds. The molecule has 0 fully saturated rings. The molecule has 0 aliphatic rings. The number of aliphatic hydroxyl groups is 1. The number of methoxy groups -OCH3 is 4. The minimum atomic E-state index is -0.828. The number of carbonyl (C=O) groups excluding carboxylic acids is 2. The molecular weight excluding hydrogens is 1190 g/mol. The van der Waals surface area contributed by atoms with Crippen LogP contribution in [0.5, 0.6) is 34.5 Å². The van der Waals surface area contributed by atoms with E-state index in [1.807, 2.05) is 171 Å². The second-order valence-electron chi connectivity index (χ2n) is 15.0. The molecule has 0 heterocycles. The number of rotatable bonds is 16. The first-order valence-electron chi connectivity index (χ1n) is 22.0. The van der Waals surface area contributed by atoms with E-state index in [9.17, 15) is 5.11 Å². The van der Waals surface area contributed by atoms with Crippen molar-refractivity contribution in [2.75, 3.05) is 28.4 Å². The maximum atomic E-state index is 11.0. The fourth-order valence-electron chi connectivity index (χ4n) is 7.25. The minimum absolute atomic E-state index is 0.0155. The Balaban J connectivity index is 0.000000273. The van der Waals surface area contributed by atoms with E-state index in [2.05, 4.69) is 98.8 Å². The second kappa shape index (κ2) is 32.3. The van der Waals surface area contributed by atoms with Crippen molar-refractivity contribution in [2.24, 2.45) is 0 Å². The molecule has 8 aromatic rings. The van der Waals surface area contributed by atoms with Gasteiger partial charge in [0.05, 0.1) is 33.3 Å². The zero-order valence-corrected chi connectivity index (χ0v) is 47.4. The highest BCUT2D eigenvalue weighted by Gasteiger charge is 2.19. The zero-order chi connectivity index (χ0) is 52.3. The van der Waals surface area contributed by atoms with E-state index in [-0.39, 0.29) is 8.86 Å². The van der Waals surface area contributed by atoms with Crippen LogP contribution in [0.2, 0.25) is 0 Å². The van der Waals surface area contributed by atoms with Crippen molar-refractivity contribution in [1.82, 2.24) is 0 Å². The lowest BCUT2D eigenvalue weighted by Gasteiger charge is -2.17. The zero-order valence-electron chi connectivity index (χ0n) is 40.1. The van der Waals surface area contributed by atoms with Crippen LogP contribution in [0.3, 0.4) is 0 Å². The first kappa shape index (κ1) is 58.8. The summed E-state index contributed by atoms with van der Waals surface area (Å²) in [4.78, 5) is 16.0. The summed E-state index contributed by atoms with van der Waals surface area (Å²) in [7, 11) is 6.60. The third-order valence-electron chi connectivity index (χ3n) is 10.7. The average molecular weight is 1250 g/mol. The van der Waals surface area contributed by atoms with E-state index in [4.69, 9.17) is 38.0 Å². The smallest absolute Gasteiger partial charge is 0.161 e. The number of aliphatic hydroxyl groups excluding tert-OH is 1. The van der Waals surface area contributed by atoms with Gasteiger partial charge in [0.15, 0.2) is 23.0 Å². The van der Waals surface area contributed by atoms with E-state index in [0.29, 0.717) is 41.8 Å². The normalized spacial score (nSPS) is 10.9. The molecular formula is C58H55Br4O9P. The fourth-order valence-corrected chi connectivity index (χ4v) is 7.82. The van der Waals surface area contributed by atoms with E-state index in [1.165, 1.54) is 0 Å². The number of ether oxygens (including phenoxy) is 6. The van der Waals surface area contributed by atoms with Gasteiger partial charge in [-0.1, -0.05) is 174 Å². The molecule has 2 atom stereocenters. The maximum absolute atomic E-state index is 11.0. The van der Waals surface area contributed by atoms with Gasteiger partial charge in [0.2, 0.25) is 0 Å². The molecule has 0 radical (unpaired) electrons. The Kier molecular flexibility index (Phi) is 26.4. The Labute approximate surface area is 456 Å². The highest BCUT2D eigenvalue weighted by Crippen LogP contribution is 2.59. The van der Waals surface area contributed by atoms with E-state index in [0.717, 1.165) is 61.6 Å². The third-order valence-corrected chi connectivity index (χ3v) is 11.7. The molecule has 0 aliphatic heterocycles. The van der Waals surface area contributed by atoms with Crippen LogP contribution in [0.1, 0.15) is 44.3 Å². The van der Waals surface area contributed by atoms with Gasteiger partial charge in [-0.25, -0.2) is 0 Å². The standard InChI is InChI=1S/C28H25BrO3.C28H26O4.2CH2O.Br3P/c2*1-30-26-17-22(13-15-24(26)21-11-7-4-8-12-21)28(29)23-14-16-25(27(18-23)31-2)32-19-20-9-5-3-6-10-20;2*1-2;1-4(2)3/h3-18,28H,19H2,1-2H3;3-18,28-29H,19H2,1-2H3;2*1H2;. The Morgan fingerprint density at radius 2 is 0.708 bits per heavy atom. The van der Waals surface area contributed by atoms with Crippen molar-refractivity contribution in [3.05, 3.63) is 228 Å². The van der Waals surface area contributed by atoms with Gasteiger partial charge >= 0.3 is 0 Å². The maximum Gasteiger partial charge on any atom is 0.161 e. The number of alkyl halides is 1. The topological polar surface area (TPSA) is 110 Å². The predicted octanol–water partition coefficient (Wildman–Crippen LogP) is 16.5. The van der Waals surface area contributed by atoms with Crippen LogP contribution in [0.4, 0.5) is 0 Å². The average Bonchev–Trinajstić information content (AvgIpc) is 3.45. The Bertz CT molecular complexity index is 2620. The summed E-state index contributed by atoms with van der Waals surface area (Å²) in [6.07, 6.45) is -0.828. The molecule has 8 aromatic carbocycles. The Morgan fingerprint density at radius 1 is 0.417 bits per heavy atom.